The summed E-state index contributed by atoms with van der Waals surface area (Å²) in [5.74, 6) is 3.89. The number of carbonyl (C=O) groups is 2. The zero-order valence-electron chi connectivity index (χ0n) is 20.3. The molecule has 1 unspecified atom stereocenters. The first-order valence-corrected chi connectivity index (χ1v) is 11.0. The Morgan fingerprint density at radius 2 is 2.00 bits per heavy atom. The van der Waals surface area contributed by atoms with Gasteiger partial charge in [0.1, 0.15) is 24.7 Å². The third kappa shape index (κ3) is 6.66. The van der Waals surface area contributed by atoms with Gasteiger partial charge in [0.05, 0.1) is 25.0 Å². The maximum Gasteiger partial charge on any atom is 0.302 e. The van der Waals surface area contributed by atoms with E-state index in [4.69, 9.17) is 14.2 Å². The molecule has 0 aliphatic carbocycles. The van der Waals surface area contributed by atoms with Crippen LogP contribution >= 0.6 is 0 Å². The highest BCUT2D eigenvalue weighted by molar-refractivity contribution is 5.81. The van der Waals surface area contributed by atoms with E-state index in [0.717, 1.165) is 0 Å². The van der Waals surface area contributed by atoms with E-state index < -0.39 is 48.5 Å². The Bertz CT molecular complexity index is 1240. The van der Waals surface area contributed by atoms with Crippen LogP contribution in [0.5, 0.6) is 0 Å². The number of carbonyl (C=O) groups excluding carboxylic acids is 2. The van der Waals surface area contributed by atoms with Gasteiger partial charge < -0.3 is 29.3 Å². The number of nitrogens with zero attached hydrogens (tertiary/aromatic N) is 5. The van der Waals surface area contributed by atoms with Crippen molar-refractivity contribution in [2.45, 2.75) is 38.7 Å². The molecule has 3 atom stereocenters. The maximum absolute atomic E-state index is 13.0. The molecule has 0 aromatic carbocycles. The van der Waals surface area contributed by atoms with Crippen LogP contribution in [-0.4, -0.2) is 99.3 Å². The number of aliphatic hydroxyl groups excluding tert-OH is 2. The number of aromatic amines is 1. The van der Waals surface area contributed by atoms with Crippen molar-refractivity contribution in [1.82, 2.24) is 24.6 Å². The number of rotatable bonds is 8. The molecule has 14 nitrogen and oxygen atoms in total. The second-order valence-electron chi connectivity index (χ2n) is 8.28. The van der Waals surface area contributed by atoms with Crippen molar-refractivity contribution in [3.63, 3.8) is 0 Å². The number of aliphatic hydroxyl groups is 2. The highest BCUT2D eigenvalue weighted by Crippen LogP contribution is 2.31. The topological polar surface area (TPSA) is 181 Å². The Balaban J connectivity index is 2.08. The first-order valence-electron chi connectivity index (χ1n) is 11.0. The monoisotopic (exact) mass is 504 g/mol. The predicted octanol–water partition coefficient (Wildman–Crippen LogP) is -0.924. The van der Waals surface area contributed by atoms with Gasteiger partial charge in [-0.1, -0.05) is 5.92 Å². The Labute approximate surface area is 205 Å². The number of hydrogen-bond donors (Lipinski definition) is 3. The van der Waals surface area contributed by atoms with E-state index in [1.54, 1.807) is 19.0 Å². The Kier molecular flexibility index (Phi) is 8.75. The van der Waals surface area contributed by atoms with Gasteiger partial charge in [-0.25, -0.2) is 9.67 Å². The molecule has 0 radical (unpaired) electrons. The van der Waals surface area contributed by atoms with Gasteiger partial charge in [-0.2, -0.15) is 10.1 Å². The second kappa shape index (κ2) is 11.8. The third-order valence-corrected chi connectivity index (χ3v) is 4.99. The largest absolute Gasteiger partial charge is 0.464 e. The summed E-state index contributed by atoms with van der Waals surface area (Å²) in [5, 5.41) is 24.1. The smallest absolute Gasteiger partial charge is 0.302 e. The van der Waals surface area contributed by atoms with Crippen LogP contribution in [0.4, 0.5) is 5.95 Å². The minimum Gasteiger partial charge on any atom is -0.464 e. The number of aromatic nitrogens is 4. The summed E-state index contributed by atoms with van der Waals surface area (Å²) in [4.78, 5) is 48.2. The Hall–Kier alpha value is -3.80. The SMILES string of the molecule is CC(=O)OCC(C#Cc1nn([C@H]2CC(O)[C@@H](CO)O2)c2nc(N=CN(C)C)[nH]c(=O)c12)COC(C)=O. The van der Waals surface area contributed by atoms with Crippen molar-refractivity contribution in [3.8, 4) is 11.8 Å². The number of hydrogen-bond acceptors (Lipinski definition) is 11. The maximum atomic E-state index is 13.0. The van der Waals surface area contributed by atoms with Crippen molar-refractivity contribution < 1.29 is 34.0 Å². The molecule has 1 fully saturated rings. The van der Waals surface area contributed by atoms with Crippen LogP contribution in [0.25, 0.3) is 11.0 Å². The fraction of sp³-hybridized carbons (Fsp3) is 0.545. The Morgan fingerprint density at radius 3 is 2.56 bits per heavy atom. The van der Waals surface area contributed by atoms with E-state index in [-0.39, 0.29) is 42.3 Å². The molecule has 36 heavy (non-hydrogen) atoms. The second-order valence-corrected chi connectivity index (χ2v) is 8.28. The van der Waals surface area contributed by atoms with Gasteiger partial charge >= 0.3 is 11.9 Å². The summed E-state index contributed by atoms with van der Waals surface area (Å²) in [5.41, 5.74) is -0.403. The van der Waals surface area contributed by atoms with Gasteiger partial charge in [0, 0.05) is 34.4 Å². The average Bonchev–Trinajstić information content (AvgIpc) is 3.37. The Morgan fingerprint density at radius 1 is 1.33 bits per heavy atom. The van der Waals surface area contributed by atoms with Crippen LogP contribution in [0.15, 0.2) is 9.79 Å². The first kappa shape index (κ1) is 26.8. The minimum atomic E-state index is -0.946. The minimum absolute atomic E-state index is 0.0155. The van der Waals surface area contributed by atoms with Gasteiger partial charge in [0.2, 0.25) is 5.95 Å². The molecule has 0 amide bonds. The molecule has 0 bridgehead atoms. The summed E-state index contributed by atoms with van der Waals surface area (Å²) in [6.45, 7) is 1.81. The lowest BCUT2D eigenvalue weighted by molar-refractivity contribution is -0.144. The summed E-state index contributed by atoms with van der Waals surface area (Å²) in [7, 11) is 3.51. The lowest BCUT2D eigenvalue weighted by Crippen LogP contribution is -2.24. The highest BCUT2D eigenvalue weighted by atomic mass is 16.6. The van der Waals surface area contributed by atoms with Crippen molar-refractivity contribution in [3.05, 3.63) is 16.0 Å². The van der Waals surface area contributed by atoms with Gasteiger partial charge in [-0.3, -0.25) is 19.4 Å². The fourth-order valence-corrected chi connectivity index (χ4v) is 3.32. The standard InChI is InChI=1S/C22H28N6O8/c1-12(30)34-9-14(10-35-13(2)31)5-6-15-19-20(24-22(25-21(19)33)23-11-27(3)4)28(26-15)18-7-16(32)17(8-29)36-18/h11,14,16-18,29,32H,7-10H2,1-4H3,(H,24,25,33)/t16?,17-,18-/m1/s1. The molecule has 3 rings (SSSR count). The molecule has 2 aromatic rings. The fourth-order valence-electron chi connectivity index (χ4n) is 3.32. The molecule has 3 N–H and O–H groups in total. The molecule has 2 aromatic heterocycles. The summed E-state index contributed by atoms with van der Waals surface area (Å²) >= 11 is 0. The quantitative estimate of drug-likeness (QED) is 0.175. The van der Waals surface area contributed by atoms with E-state index in [2.05, 4.69) is 31.9 Å². The van der Waals surface area contributed by atoms with Gasteiger partial charge in [-0.15, -0.1) is 0 Å². The van der Waals surface area contributed by atoms with Crippen LogP contribution in [0, 0.1) is 17.8 Å². The lowest BCUT2D eigenvalue weighted by atomic mass is 10.1. The van der Waals surface area contributed by atoms with Crippen molar-refractivity contribution in [1.29, 1.82) is 0 Å². The molecule has 3 heterocycles. The number of fused-ring (bicyclic) bond motifs is 1. The van der Waals surface area contributed by atoms with E-state index in [1.165, 1.54) is 24.9 Å². The van der Waals surface area contributed by atoms with Crippen molar-refractivity contribution >= 4 is 35.3 Å². The molecule has 0 saturated carbocycles. The predicted molar refractivity (Wildman–Crippen MR) is 125 cm³/mol. The lowest BCUT2D eigenvalue weighted by Gasteiger charge is -2.12. The van der Waals surface area contributed by atoms with E-state index in [9.17, 15) is 24.6 Å². The van der Waals surface area contributed by atoms with Crippen LogP contribution in [-0.2, 0) is 23.8 Å². The van der Waals surface area contributed by atoms with Gasteiger partial charge in [-0.05, 0) is 5.92 Å². The van der Waals surface area contributed by atoms with E-state index in [1.807, 2.05) is 0 Å². The molecule has 1 saturated heterocycles. The summed E-state index contributed by atoms with van der Waals surface area (Å²) in [6.07, 6.45) is -1.04. The van der Waals surface area contributed by atoms with Gasteiger partial charge in [0.25, 0.3) is 5.56 Å². The zero-order chi connectivity index (χ0) is 26.4. The van der Waals surface area contributed by atoms with Crippen molar-refractivity contribution in [2.75, 3.05) is 33.9 Å². The van der Waals surface area contributed by atoms with Crippen LogP contribution in [0.3, 0.4) is 0 Å². The highest BCUT2D eigenvalue weighted by Gasteiger charge is 2.36. The third-order valence-electron chi connectivity index (χ3n) is 4.99. The summed E-state index contributed by atoms with van der Waals surface area (Å²) in [6, 6.07) is 0. The van der Waals surface area contributed by atoms with Crippen LogP contribution in [0.1, 0.15) is 32.2 Å². The number of aliphatic imine (C=N–C) groups is 1. The normalized spacial score (nSPS) is 19.5. The molecule has 0 spiro atoms. The van der Waals surface area contributed by atoms with E-state index >= 15 is 0 Å². The molecule has 1 aliphatic heterocycles. The van der Waals surface area contributed by atoms with Crippen LogP contribution in [0.2, 0.25) is 0 Å². The molecular formula is C22H28N6O8. The number of ether oxygens (including phenoxy) is 3. The molecule has 1 aliphatic rings. The summed E-state index contributed by atoms with van der Waals surface area (Å²) < 4.78 is 17.0. The number of esters is 2. The number of nitrogens with one attached hydrogen (secondary N) is 1. The number of H-pyrrole nitrogens is 1. The zero-order valence-corrected chi connectivity index (χ0v) is 20.3. The molecule has 194 valence electrons. The van der Waals surface area contributed by atoms with Gasteiger partial charge in [0.15, 0.2) is 17.6 Å². The van der Waals surface area contributed by atoms with Crippen molar-refractivity contribution in [2.24, 2.45) is 10.9 Å². The van der Waals surface area contributed by atoms with E-state index in [0.29, 0.717) is 0 Å². The first-order chi connectivity index (χ1) is 17.1. The van der Waals surface area contributed by atoms with Crippen LogP contribution < -0.4 is 5.56 Å². The molecule has 14 heteroatoms. The average molecular weight is 505 g/mol. The molecular weight excluding hydrogens is 476 g/mol.